The van der Waals surface area contributed by atoms with Crippen molar-refractivity contribution in [2.24, 2.45) is 0 Å². The summed E-state index contributed by atoms with van der Waals surface area (Å²) in [5, 5.41) is 10.8. The van der Waals surface area contributed by atoms with Gasteiger partial charge in [-0.3, -0.25) is 14.4 Å². The molecule has 1 unspecified atom stereocenters. The third-order valence-corrected chi connectivity index (χ3v) is 4.36. The number of aromatic nitrogens is 2. The van der Waals surface area contributed by atoms with Gasteiger partial charge in [0.15, 0.2) is 5.69 Å². The molecule has 1 atom stereocenters. The number of rotatable bonds is 4. The van der Waals surface area contributed by atoms with Crippen molar-refractivity contribution in [2.45, 2.75) is 45.2 Å². The second-order valence-corrected chi connectivity index (χ2v) is 6.24. The molecular formula is C18H22N4O3. The third kappa shape index (κ3) is 3.55. The molecule has 2 heterocycles. The second kappa shape index (κ2) is 7.46. The Hall–Kier alpha value is -2.70. The van der Waals surface area contributed by atoms with Crippen LogP contribution in [0.25, 0.3) is 10.8 Å². The van der Waals surface area contributed by atoms with E-state index >= 15 is 0 Å². The summed E-state index contributed by atoms with van der Waals surface area (Å²) in [4.78, 5) is 37.3. The Labute approximate surface area is 145 Å². The number of hydrogen-bond acceptors (Lipinski definition) is 4. The lowest BCUT2D eigenvalue weighted by Crippen LogP contribution is -2.46. The largest absolute Gasteiger partial charge is 0.354 e. The van der Waals surface area contributed by atoms with Crippen LogP contribution in [0.15, 0.2) is 29.1 Å². The second-order valence-electron chi connectivity index (χ2n) is 6.24. The number of nitrogens with zero attached hydrogens (tertiary/aromatic N) is 2. The Morgan fingerprint density at radius 3 is 2.80 bits per heavy atom. The van der Waals surface area contributed by atoms with Crippen LogP contribution in [0, 0.1) is 0 Å². The van der Waals surface area contributed by atoms with Gasteiger partial charge in [0.25, 0.3) is 11.5 Å². The van der Waals surface area contributed by atoms with Gasteiger partial charge in [-0.25, -0.2) is 4.68 Å². The average Bonchev–Trinajstić information content (AvgIpc) is 2.82. The number of aryl methyl sites for hydroxylation is 1. The predicted molar refractivity (Wildman–Crippen MR) is 94.4 cm³/mol. The standard InChI is InChI=1S/C18H22N4O3/c1-2-11-22-18(25)13-8-4-3-7-12(13)15(21-22)17(24)20-14-9-5-6-10-19-16(14)23/h3-4,7-8,14H,2,5-6,9-11H2,1H3,(H,19,23)(H,20,24). The van der Waals surface area contributed by atoms with Crippen LogP contribution in [0.4, 0.5) is 0 Å². The maximum absolute atomic E-state index is 12.8. The summed E-state index contributed by atoms with van der Waals surface area (Å²) in [6.07, 6.45) is 3.11. The molecule has 2 amide bonds. The van der Waals surface area contributed by atoms with Crippen LogP contribution in [0.3, 0.4) is 0 Å². The minimum atomic E-state index is -0.567. The summed E-state index contributed by atoms with van der Waals surface area (Å²) in [6, 6.07) is 6.37. The van der Waals surface area contributed by atoms with Gasteiger partial charge < -0.3 is 10.6 Å². The van der Waals surface area contributed by atoms with Gasteiger partial charge in [-0.2, -0.15) is 5.10 Å². The predicted octanol–water partition coefficient (Wildman–Crippen LogP) is 1.20. The SMILES string of the molecule is CCCn1nc(C(=O)NC2CCCCNC2=O)c2ccccc2c1=O. The Morgan fingerprint density at radius 2 is 2.04 bits per heavy atom. The molecule has 1 aliphatic heterocycles. The topological polar surface area (TPSA) is 93.1 Å². The molecular weight excluding hydrogens is 320 g/mol. The Bertz CT molecular complexity index is 859. The Kier molecular flexibility index (Phi) is 5.11. The molecule has 2 N–H and O–H groups in total. The first-order chi connectivity index (χ1) is 12.1. The molecule has 7 heteroatoms. The molecule has 1 fully saturated rings. The summed E-state index contributed by atoms with van der Waals surface area (Å²) >= 11 is 0. The van der Waals surface area contributed by atoms with E-state index in [2.05, 4.69) is 15.7 Å². The van der Waals surface area contributed by atoms with Gasteiger partial charge in [-0.15, -0.1) is 0 Å². The van der Waals surface area contributed by atoms with Gasteiger partial charge in [-0.1, -0.05) is 25.1 Å². The van der Waals surface area contributed by atoms with E-state index in [0.717, 1.165) is 19.3 Å². The fraction of sp³-hybridized carbons (Fsp3) is 0.444. The zero-order valence-corrected chi connectivity index (χ0v) is 14.2. The van der Waals surface area contributed by atoms with Crippen LogP contribution >= 0.6 is 0 Å². The highest BCUT2D eigenvalue weighted by molar-refractivity contribution is 6.06. The van der Waals surface area contributed by atoms with Gasteiger partial charge in [-0.05, 0) is 31.7 Å². The van der Waals surface area contributed by atoms with Crippen LogP contribution in [0.1, 0.15) is 43.1 Å². The molecule has 1 aliphatic rings. The number of carbonyl (C=O) groups is 2. The number of carbonyl (C=O) groups excluding carboxylic acids is 2. The zero-order valence-electron chi connectivity index (χ0n) is 14.2. The minimum absolute atomic E-state index is 0.169. The molecule has 1 aromatic heterocycles. The summed E-state index contributed by atoms with van der Waals surface area (Å²) in [7, 11) is 0. The van der Waals surface area contributed by atoms with Crippen LogP contribution in [-0.4, -0.2) is 34.2 Å². The number of amides is 2. The molecule has 1 saturated heterocycles. The summed E-state index contributed by atoms with van der Waals surface area (Å²) in [6.45, 7) is 3.01. The molecule has 132 valence electrons. The number of hydrogen-bond donors (Lipinski definition) is 2. The zero-order chi connectivity index (χ0) is 17.8. The average molecular weight is 342 g/mol. The first-order valence-corrected chi connectivity index (χ1v) is 8.70. The minimum Gasteiger partial charge on any atom is -0.354 e. The van der Waals surface area contributed by atoms with E-state index in [1.807, 2.05) is 6.92 Å². The van der Waals surface area contributed by atoms with Crippen molar-refractivity contribution in [1.82, 2.24) is 20.4 Å². The van der Waals surface area contributed by atoms with Crippen molar-refractivity contribution in [3.8, 4) is 0 Å². The molecule has 0 aliphatic carbocycles. The van der Waals surface area contributed by atoms with E-state index in [0.29, 0.717) is 30.3 Å². The van der Waals surface area contributed by atoms with Gasteiger partial charge >= 0.3 is 0 Å². The molecule has 0 saturated carbocycles. The van der Waals surface area contributed by atoms with Crippen molar-refractivity contribution in [1.29, 1.82) is 0 Å². The van der Waals surface area contributed by atoms with E-state index in [9.17, 15) is 14.4 Å². The monoisotopic (exact) mass is 342 g/mol. The molecule has 1 aromatic carbocycles. The Morgan fingerprint density at radius 1 is 1.28 bits per heavy atom. The number of fused-ring (bicyclic) bond motifs is 1. The fourth-order valence-corrected chi connectivity index (χ4v) is 3.07. The van der Waals surface area contributed by atoms with E-state index in [4.69, 9.17) is 0 Å². The van der Waals surface area contributed by atoms with Crippen LogP contribution in [0.5, 0.6) is 0 Å². The maximum atomic E-state index is 12.8. The molecule has 3 rings (SSSR count). The van der Waals surface area contributed by atoms with E-state index in [1.165, 1.54) is 4.68 Å². The lowest BCUT2D eigenvalue weighted by molar-refractivity contribution is -0.122. The highest BCUT2D eigenvalue weighted by Gasteiger charge is 2.25. The van der Waals surface area contributed by atoms with Gasteiger partial charge in [0.2, 0.25) is 5.91 Å². The first-order valence-electron chi connectivity index (χ1n) is 8.70. The van der Waals surface area contributed by atoms with Gasteiger partial charge in [0.05, 0.1) is 5.39 Å². The molecule has 0 radical (unpaired) electrons. The number of benzene rings is 1. The normalized spacial score (nSPS) is 17.8. The maximum Gasteiger partial charge on any atom is 0.274 e. The van der Waals surface area contributed by atoms with Crippen LogP contribution in [-0.2, 0) is 11.3 Å². The van der Waals surface area contributed by atoms with Gasteiger partial charge in [0, 0.05) is 18.5 Å². The fourth-order valence-electron chi connectivity index (χ4n) is 3.07. The van der Waals surface area contributed by atoms with Crippen LogP contribution in [0.2, 0.25) is 0 Å². The number of nitrogens with one attached hydrogen (secondary N) is 2. The highest BCUT2D eigenvalue weighted by atomic mass is 16.2. The van der Waals surface area contributed by atoms with Crippen molar-refractivity contribution in [3.05, 3.63) is 40.3 Å². The molecule has 7 nitrogen and oxygen atoms in total. The molecule has 25 heavy (non-hydrogen) atoms. The van der Waals surface area contributed by atoms with Crippen molar-refractivity contribution >= 4 is 22.6 Å². The molecule has 0 spiro atoms. The van der Waals surface area contributed by atoms with E-state index in [-0.39, 0.29) is 17.2 Å². The first kappa shape index (κ1) is 17.1. The lowest BCUT2D eigenvalue weighted by atomic mass is 10.1. The molecule has 0 bridgehead atoms. The third-order valence-electron chi connectivity index (χ3n) is 4.36. The Balaban J connectivity index is 1.99. The quantitative estimate of drug-likeness (QED) is 0.873. The van der Waals surface area contributed by atoms with Crippen molar-refractivity contribution < 1.29 is 9.59 Å². The summed E-state index contributed by atoms with van der Waals surface area (Å²) in [5.41, 5.74) is -0.0260. The van der Waals surface area contributed by atoms with E-state index in [1.54, 1.807) is 24.3 Å². The molecule has 2 aromatic rings. The van der Waals surface area contributed by atoms with Crippen LogP contribution < -0.4 is 16.2 Å². The van der Waals surface area contributed by atoms with Crippen molar-refractivity contribution in [3.63, 3.8) is 0 Å². The smallest absolute Gasteiger partial charge is 0.274 e. The summed E-state index contributed by atoms with van der Waals surface area (Å²) < 4.78 is 1.32. The summed E-state index contributed by atoms with van der Waals surface area (Å²) in [5.74, 6) is -0.597. The van der Waals surface area contributed by atoms with E-state index < -0.39 is 11.9 Å². The van der Waals surface area contributed by atoms with Crippen molar-refractivity contribution in [2.75, 3.05) is 6.54 Å². The van der Waals surface area contributed by atoms with Gasteiger partial charge in [0.1, 0.15) is 6.04 Å². The highest BCUT2D eigenvalue weighted by Crippen LogP contribution is 2.14. The lowest BCUT2D eigenvalue weighted by Gasteiger charge is -2.16.